The first-order chi connectivity index (χ1) is 17.4. The highest BCUT2D eigenvalue weighted by Gasteiger charge is 2.58. The van der Waals surface area contributed by atoms with Crippen molar-refractivity contribution in [1.82, 2.24) is 10.2 Å². The van der Waals surface area contributed by atoms with Gasteiger partial charge in [0.2, 0.25) is 5.91 Å². The van der Waals surface area contributed by atoms with E-state index in [1.807, 2.05) is 42.2 Å². The second kappa shape index (κ2) is 11.4. The standard InChI is InChI=1S/C30H42FN3O2/c1-3-14-30(36,25-10-6-11-26(31)27(25)24-9-5-8-22(4-2)19-24)29(15-7-16-33-21-29)28(35)34-17-12-23(20-32)13-18-34/h5-6,8-11,19,23,33,36H,3-4,7,12-18,20-21,32H2,1-2H3/t29-,30-/m0/s1. The zero-order chi connectivity index (χ0) is 25.8. The molecule has 0 aliphatic carbocycles. The lowest BCUT2D eigenvalue weighted by Crippen LogP contribution is -2.63. The zero-order valence-electron chi connectivity index (χ0n) is 21.9. The molecular weight excluding hydrogens is 453 g/mol. The lowest BCUT2D eigenvalue weighted by Gasteiger charge is -2.51. The predicted molar refractivity (Wildman–Crippen MR) is 143 cm³/mol. The number of hydrogen-bond donors (Lipinski definition) is 3. The number of halogens is 1. The third-order valence-corrected chi connectivity index (χ3v) is 8.51. The largest absolute Gasteiger partial charge is 0.384 e. The van der Waals surface area contributed by atoms with Gasteiger partial charge in [0.1, 0.15) is 11.4 Å². The van der Waals surface area contributed by atoms with Gasteiger partial charge in [0.25, 0.3) is 0 Å². The van der Waals surface area contributed by atoms with Gasteiger partial charge in [0, 0.05) is 25.2 Å². The fourth-order valence-corrected chi connectivity index (χ4v) is 6.39. The number of hydrogen-bond acceptors (Lipinski definition) is 4. The molecule has 2 aromatic rings. The minimum Gasteiger partial charge on any atom is -0.384 e. The Kier molecular flexibility index (Phi) is 8.48. The minimum absolute atomic E-state index is 0.0151. The molecule has 2 aliphatic rings. The summed E-state index contributed by atoms with van der Waals surface area (Å²) in [5, 5.41) is 16.2. The summed E-state index contributed by atoms with van der Waals surface area (Å²) in [5.74, 6) is 0.0497. The number of piperidine rings is 2. The van der Waals surface area contributed by atoms with Gasteiger partial charge >= 0.3 is 0 Å². The van der Waals surface area contributed by atoms with Crippen LogP contribution in [0, 0.1) is 17.2 Å². The number of carbonyl (C=O) groups excluding carboxylic acids is 1. The summed E-state index contributed by atoms with van der Waals surface area (Å²) in [7, 11) is 0. The molecule has 0 spiro atoms. The first-order valence-electron chi connectivity index (χ1n) is 13.7. The van der Waals surface area contributed by atoms with E-state index in [0.717, 1.165) is 43.4 Å². The van der Waals surface area contributed by atoms with Gasteiger partial charge in [-0.3, -0.25) is 4.79 Å². The number of rotatable bonds is 8. The molecule has 6 heteroatoms. The van der Waals surface area contributed by atoms with Crippen LogP contribution in [0.4, 0.5) is 4.39 Å². The fourth-order valence-electron chi connectivity index (χ4n) is 6.39. The molecule has 196 valence electrons. The molecule has 2 saturated heterocycles. The molecule has 36 heavy (non-hydrogen) atoms. The van der Waals surface area contributed by atoms with Crippen molar-refractivity contribution in [3.05, 3.63) is 59.4 Å². The molecule has 2 aliphatic heterocycles. The van der Waals surface area contributed by atoms with Crippen molar-refractivity contribution < 1.29 is 14.3 Å². The van der Waals surface area contributed by atoms with Gasteiger partial charge in [-0.25, -0.2) is 4.39 Å². The molecule has 4 rings (SSSR count). The van der Waals surface area contributed by atoms with Crippen LogP contribution in [0.3, 0.4) is 0 Å². The summed E-state index contributed by atoms with van der Waals surface area (Å²) < 4.78 is 15.6. The van der Waals surface area contributed by atoms with Crippen LogP contribution in [0.1, 0.15) is 63.5 Å². The van der Waals surface area contributed by atoms with Gasteiger partial charge in [-0.2, -0.15) is 0 Å². The molecule has 4 N–H and O–H groups in total. The lowest BCUT2D eigenvalue weighted by atomic mass is 9.60. The van der Waals surface area contributed by atoms with Gasteiger partial charge < -0.3 is 21.1 Å². The summed E-state index contributed by atoms with van der Waals surface area (Å²) in [4.78, 5) is 16.3. The quantitative estimate of drug-likeness (QED) is 0.500. The van der Waals surface area contributed by atoms with Crippen LogP contribution < -0.4 is 11.1 Å². The second-order valence-electron chi connectivity index (χ2n) is 10.7. The molecule has 0 aromatic heterocycles. The van der Waals surface area contributed by atoms with E-state index < -0.39 is 11.0 Å². The maximum absolute atomic E-state index is 15.6. The number of amides is 1. The van der Waals surface area contributed by atoms with Gasteiger partial charge in [-0.05, 0) is 80.3 Å². The van der Waals surface area contributed by atoms with E-state index in [1.165, 1.54) is 6.07 Å². The Hall–Kier alpha value is -2.28. The Morgan fingerprint density at radius 2 is 1.97 bits per heavy atom. The molecule has 0 radical (unpaired) electrons. The molecule has 0 saturated carbocycles. The van der Waals surface area contributed by atoms with Crippen LogP contribution in [-0.4, -0.2) is 48.6 Å². The van der Waals surface area contributed by atoms with Gasteiger partial charge in [-0.1, -0.05) is 56.7 Å². The molecule has 0 unspecified atom stereocenters. The molecular formula is C30H42FN3O2. The zero-order valence-corrected chi connectivity index (χ0v) is 21.9. The number of aliphatic hydroxyl groups is 1. The number of carbonyl (C=O) groups is 1. The Morgan fingerprint density at radius 1 is 1.22 bits per heavy atom. The maximum Gasteiger partial charge on any atom is 0.233 e. The first-order valence-corrected chi connectivity index (χ1v) is 13.7. The number of benzene rings is 2. The molecule has 1 amide bonds. The number of nitrogens with two attached hydrogens (primary N) is 1. The molecule has 2 aromatic carbocycles. The monoisotopic (exact) mass is 495 g/mol. The van der Waals surface area contributed by atoms with E-state index in [4.69, 9.17) is 5.73 Å². The minimum atomic E-state index is -1.52. The van der Waals surface area contributed by atoms with E-state index in [2.05, 4.69) is 12.2 Å². The van der Waals surface area contributed by atoms with Gasteiger partial charge in [0.05, 0.1) is 5.41 Å². The van der Waals surface area contributed by atoms with Crippen molar-refractivity contribution in [3.63, 3.8) is 0 Å². The van der Waals surface area contributed by atoms with Crippen LogP contribution in [0.25, 0.3) is 11.1 Å². The van der Waals surface area contributed by atoms with Crippen LogP contribution in [0.5, 0.6) is 0 Å². The van der Waals surface area contributed by atoms with Gasteiger partial charge in [-0.15, -0.1) is 0 Å². The highest BCUT2D eigenvalue weighted by Crippen LogP contribution is 2.52. The normalized spacial score (nSPS) is 22.9. The number of nitrogens with one attached hydrogen (secondary N) is 1. The Labute approximate surface area is 215 Å². The topological polar surface area (TPSA) is 78.6 Å². The summed E-state index contributed by atoms with van der Waals surface area (Å²) in [5.41, 5.74) is 6.08. The third-order valence-electron chi connectivity index (χ3n) is 8.51. The van der Waals surface area contributed by atoms with Crippen LogP contribution in [-0.2, 0) is 16.8 Å². The molecule has 0 bridgehead atoms. The Morgan fingerprint density at radius 3 is 2.61 bits per heavy atom. The summed E-state index contributed by atoms with van der Waals surface area (Å²) in [6.07, 6.45) is 5.00. The maximum atomic E-state index is 15.6. The Balaban J connectivity index is 1.86. The van der Waals surface area contributed by atoms with E-state index in [0.29, 0.717) is 62.5 Å². The van der Waals surface area contributed by atoms with Crippen LogP contribution in [0.2, 0.25) is 0 Å². The predicted octanol–water partition coefficient (Wildman–Crippen LogP) is 4.61. The van der Waals surface area contributed by atoms with Crippen molar-refractivity contribution in [2.75, 3.05) is 32.7 Å². The SMILES string of the molecule is CCC[C@](O)(c1cccc(F)c1-c1cccc(CC)c1)[C@@]1(C(=O)N2CCC(CN)CC2)CCCNC1. The van der Waals surface area contributed by atoms with Crippen LogP contribution in [0.15, 0.2) is 42.5 Å². The molecule has 5 nitrogen and oxygen atoms in total. The first kappa shape index (κ1) is 26.8. The van der Waals surface area contributed by atoms with Crippen molar-refractivity contribution in [3.8, 4) is 11.1 Å². The van der Waals surface area contributed by atoms with Crippen molar-refractivity contribution >= 4 is 5.91 Å². The van der Waals surface area contributed by atoms with Crippen LogP contribution >= 0.6 is 0 Å². The van der Waals surface area contributed by atoms with Gasteiger partial charge in [0.15, 0.2) is 0 Å². The average Bonchev–Trinajstić information content (AvgIpc) is 2.93. The van der Waals surface area contributed by atoms with Crippen molar-refractivity contribution in [2.24, 2.45) is 17.1 Å². The van der Waals surface area contributed by atoms with E-state index in [1.54, 1.807) is 6.07 Å². The molecule has 2 heterocycles. The number of aryl methyl sites for hydroxylation is 1. The molecule has 2 atom stereocenters. The third kappa shape index (κ3) is 4.83. The average molecular weight is 496 g/mol. The highest BCUT2D eigenvalue weighted by atomic mass is 19.1. The summed E-state index contributed by atoms with van der Waals surface area (Å²) >= 11 is 0. The fraction of sp³-hybridized carbons (Fsp3) is 0.567. The van der Waals surface area contributed by atoms with E-state index in [-0.39, 0.29) is 11.7 Å². The number of nitrogens with zero attached hydrogens (tertiary/aromatic N) is 1. The summed E-state index contributed by atoms with van der Waals surface area (Å²) in [6.45, 7) is 7.22. The van der Waals surface area contributed by atoms with E-state index in [9.17, 15) is 9.90 Å². The number of likely N-dealkylation sites (tertiary alicyclic amines) is 1. The Bertz CT molecular complexity index is 1040. The van der Waals surface area contributed by atoms with Crippen molar-refractivity contribution in [1.29, 1.82) is 0 Å². The van der Waals surface area contributed by atoms with E-state index >= 15 is 4.39 Å². The second-order valence-corrected chi connectivity index (χ2v) is 10.7. The summed E-state index contributed by atoms with van der Waals surface area (Å²) in [6, 6.07) is 12.8. The smallest absolute Gasteiger partial charge is 0.233 e. The highest BCUT2D eigenvalue weighted by molar-refractivity contribution is 5.86. The lowest BCUT2D eigenvalue weighted by molar-refractivity contribution is -0.171. The van der Waals surface area contributed by atoms with Crippen molar-refractivity contribution in [2.45, 2.75) is 64.4 Å². The molecule has 2 fully saturated rings.